The van der Waals surface area contributed by atoms with Crippen molar-refractivity contribution < 1.29 is 26.0 Å². The third-order valence-electron chi connectivity index (χ3n) is 2.53. The first-order valence-corrected chi connectivity index (χ1v) is 7.90. The maximum absolute atomic E-state index is 13.0. The van der Waals surface area contributed by atoms with E-state index in [0.29, 0.717) is 13.0 Å². The predicted octanol–water partition coefficient (Wildman–Crippen LogP) is 2.37. The Hall–Kier alpha value is -1.15. The SMILES string of the molecule is CS(=O)(=O)CCCNCc1ccc(F)c(C(F)(F)F)c1. The van der Waals surface area contributed by atoms with Crippen LogP contribution in [0.3, 0.4) is 0 Å². The maximum atomic E-state index is 13.0. The molecular weight excluding hydrogens is 298 g/mol. The van der Waals surface area contributed by atoms with Gasteiger partial charge in [-0.05, 0) is 30.7 Å². The Labute approximate surface area is 114 Å². The van der Waals surface area contributed by atoms with Crippen molar-refractivity contribution in [2.75, 3.05) is 18.6 Å². The van der Waals surface area contributed by atoms with Gasteiger partial charge in [0.25, 0.3) is 0 Å². The summed E-state index contributed by atoms with van der Waals surface area (Å²) in [6.45, 7) is 0.471. The van der Waals surface area contributed by atoms with E-state index in [-0.39, 0.29) is 17.9 Å². The Balaban J connectivity index is 2.53. The van der Waals surface area contributed by atoms with Gasteiger partial charge in [0.15, 0.2) is 0 Å². The number of rotatable bonds is 6. The van der Waals surface area contributed by atoms with Crippen LogP contribution in [0.4, 0.5) is 17.6 Å². The van der Waals surface area contributed by atoms with Crippen LogP contribution in [-0.4, -0.2) is 27.0 Å². The lowest BCUT2D eigenvalue weighted by Gasteiger charge is -2.10. The van der Waals surface area contributed by atoms with Crippen LogP contribution in [0.2, 0.25) is 0 Å². The Morgan fingerprint density at radius 2 is 1.90 bits per heavy atom. The van der Waals surface area contributed by atoms with Gasteiger partial charge in [0.2, 0.25) is 0 Å². The summed E-state index contributed by atoms with van der Waals surface area (Å²) in [4.78, 5) is 0. The molecule has 0 saturated carbocycles. The highest BCUT2D eigenvalue weighted by atomic mass is 32.2. The van der Waals surface area contributed by atoms with Gasteiger partial charge in [-0.3, -0.25) is 0 Å². The molecule has 0 saturated heterocycles. The fourth-order valence-electron chi connectivity index (χ4n) is 1.59. The summed E-state index contributed by atoms with van der Waals surface area (Å²) >= 11 is 0. The highest BCUT2D eigenvalue weighted by molar-refractivity contribution is 7.90. The van der Waals surface area contributed by atoms with Gasteiger partial charge >= 0.3 is 6.18 Å². The summed E-state index contributed by atoms with van der Waals surface area (Å²) in [5, 5.41) is 2.82. The first kappa shape index (κ1) is 16.9. The minimum atomic E-state index is -4.73. The summed E-state index contributed by atoms with van der Waals surface area (Å²) < 4.78 is 72.2. The van der Waals surface area contributed by atoms with Gasteiger partial charge in [0.1, 0.15) is 15.7 Å². The van der Waals surface area contributed by atoms with Crippen LogP contribution in [0.15, 0.2) is 18.2 Å². The summed E-state index contributed by atoms with van der Waals surface area (Å²) in [5.74, 6) is -1.30. The molecule has 0 radical (unpaired) electrons. The molecule has 1 N–H and O–H groups in total. The third-order valence-corrected chi connectivity index (χ3v) is 3.56. The van der Waals surface area contributed by atoms with Gasteiger partial charge in [0, 0.05) is 12.8 Å². The van der Waals surface area contributed by atoms with Crippen LogP contribution in [0.1, 0.15) is 17.5 Å². The third kappa shape index (κ3) is 5.87. The quantitative estimate of drug-likeness (QED) is 0.648. The monoisotopic (exact) mass is 313 g/mol. The van der Waals surface area contributed by atoms with Gasteiger partial charge in [-0.2, -0.15) is 13.2 Å². The van der Waals surface area contributed by atoms with Crippen LogP contribution in [0.5, 0.6) is 0 Å². The number of hydrogen-bond donors (Lipinski definition) is 1. The average molecular weight is 313 g/mol. The van der Waals surface area contributed by atoms with Crippen LogP contribution >= 0.6 is 0 Å². The zero-order valence-electron chi connectivity index (χ0n) is 10.8. The lowest BCUT2D eigenvalue weighted by Crippen LogP contribution is -2.18. The van der Waals surface area contributed by atoms with E-state index in [2.05, 4.69) is 5.32 Å². The van der Waals surface area contributed by atoms with E-state index in [0.717, 1.165) is 18.4 Å². The minimum Gasteiger partial charge on any atom is -0.313 e. The second-order valence-electron chi connectivity index (χ2n) is 4.47. The van der Waals surface area contributed by atoms with E-state index in [1.165, 1.54) is 6.07 Å². The molecule has 0 unspecified atom stereocenters. The van der Waals surface area contributed by atoms with Crippen molar-refractivity contribution in [2.45, 2.75) is 19.1 Å². The fourth-order valence-corrected chi connectivity index (χ4v) is 2.26. The average Bonchev–Trinajstić information content (AvgIpc) is 2.27. The minimum absolute atomic E-state index is 0.0111. The molecule has 0 heterocycles. The lowest BCUT2D eigenvalue weighted by molar-refractivity contribution is -0.140. The van der Waals surface area contributed by atoms with Gasteiger partial charge in [-0.15, -0.1) is 0 Å². The molecule has 3 nitrogen and oxygen atoms in total. The molecule has 114 valence electrons. The van der Waals surface area contributed by atoms with Gasteiger partial charge in [-0.25, -0.2) is 12.8 Å². The molecule has 1 aromatic rings. The molecular formula is C12H15F4NO2S. The molecule has 0 aromatic heterocycles. The molecule has 1 aromatic carbocycles. The molecule has 0 amide bonds. The first-order chi connectivity index (χ1) is 9.09. The van der Waals surface area contributed by atoms with E-state index in [9.17, 15) is 26.0 Å². The zero-order chi connectivity index (χ0) is 15.4. The van der Waals surface area contributed by atoms with Crippen molar-refractivity contribution in [3.63, 3.8) is 0 Å². The number of halogens is 4. The van der Waals surface area contributed by atoms with E-state index in [1.807, 2.05) is 0 Å². The van der Waals surface area contributed by atoms with Crippen molar-refractivity contribution >= 4 is 9.84 Å². The Kier molecular flexibility index (Phi) is 5.52. The van der Waals surface area contributed by atoms with E-state index in [1.54, 1.807) is 0 Å². The summed E-state index contributed by atoms with van der Waals surface area (Å²) in [5.41, 5.74) is -1.01. The number of benzene rings is 1. The number of sulfone groups is 1. The molecule has 0 aliphatic heterocycles. The maximum Gasteiger partial charge on any atom is 0.419 e. The second-order valence-corrected chi connectivity index (χ2v) is 6.73. The van der Waals surface area contributed by atoms with E-state index >= 15 is 0 Å². The van der Waals surface area contributed by atoms with E-state index in [4.69, 9.17) is 0 Å². The van der Waals surface area contributed by atoms with Crippen molar-refractivity contribution in [3.8, 4) is 0 Å². The van der Waals surface area contributed by atoms with Crippen molar-refractivity contribution in [1.82, 2.24) is 5.32 Å². The van der Waals surface area contributed by atoms with Crippen LogP contribution in [-0.2, 0) is 22.6 Å². The number of hydrogen-bond acceptors (Lipinski definition) is 3. The largest absolute Gasteiger partial charge is 0.419 e. The first-order valence-electron chi connectivity index (χ1n) is 5.83. The smallest absolute Gasteiger partial charge is 0.313 e. The number of nitrogens with one attached hydrogen (secondary N) is 1. The van der Waals surface area contributed by atoms with Gasteiger partial charge in [-0.1, -0.05) is 6.07 Å². The van der Waals surface area contributed by atoms with Crippen molar-refractivity contribution in [1.29, 1.82) is 0 Å². The normalized spacial score (nSPS) is 12.7. The summed E-state index contributed by atoms with van der Waals surface area (Å²) in [7, 11) is -3.04. The molecule has 0 aliphatic rings. The van der Waals surface area contributed by atoms with Crippen LogP contribution < -0.4 is 5.32 Å². The van der Waals surface area contributed by atoms with Crippen LogP contribution in [0.25, 0.3) is 0 Å². The Bertz CT molecular complexity index is 555. The lowest BCUT2D eigenvalue weighted by atomic mass is 10.1. The summed E-state index contributed by atoms with van der Waals surface area (Å²) in [6.07, 6.45) is -3.24. The molecule has 0 bridgehead atoms. The molecule has 0 fully saturated rings. The zero-order valence-corrected chi connectivity index (χ0v) is 11.6. The number of alkyl halides is 3. The molecule has 0 aliphatic carbocycles. The second kappa shape index (κ2) is 6.53. The Morgan fingerprint density at radius 1 is 1.25 bits per heavy atom. The Morgan fingerprint density at radius 3 is 2.45 bits per heavy atom. The molecule has 0 spiro atoms. The highest BCUT2D eigenvalue weighted by Crippen LogP contribution is 2.31. The fraction of sp³-hybridized carbons (Fsp3) is 0.500. The van der Waals surface area contributed by atoms with Crippen molar-refractivity contribution in [3.05, 3.63) is 35.1 Å². The summed E-state index contributed by atoms with van der Waals surface area (Å²) in [6, 6.07) is 2.78. The molecule has 20 heavy (non-hydrogen) atoms. The topological polar surface area (TPSA) is 46.2 Å². The predicted molar refractivity (Wildman–Crippen MR) is 67.4 cm³/mol. The van der Waals surface area contributed by atoms with Crippen LogP contribution in [0, 0.1) is 5.82 Å². The molecule has 1 rings (SSSR count). The van der Waals surface area contributed by atoms with Gasteiger partial charge < -0.3 is 5.32 Å². The van der Waals surface area contributed by atoms with Crippen molar-refractivity contribution in [2.24, 2.45) is 0 Å². The van der Waals surface area contributed by atoms with E-state index < -0.39 is 27.4 Å². The molecule has 8 heteroatoms. The highest BCUT2D eigenvalue weighted by Gasteiger charge is 2.34. The molecule has 0 atom stereocenters. The van der Waals surface area contributed by atoms with Gasteiger partial charge in [0.05, 0.1) is 11.3 Å². The standard InChI is InChI=1S/C12H15F4NO2S/c1-20(18,19)6-2-5-17-8-9-3-4-11(13)10(7-9)12(14,15)16/h3-4,7,17H,2,5-6,8H2,1H3.